The number of rotatable bonds is 2. The lowest BCUT2D eigenvalue weighted by Crippen LogP contribution is -2.04. The molecule has 2 nitrogen and oxygen atoms in total. The van der Waals surface area contributed by atoms with Gasteiger partial charge in [-0.2, -0.15) is 0 Å². The van der Waals surface area contributed by atoms with Gasteiger partial charge in [0.15, 0.2) is 0 Å². The third kappa shape index (κ3) is 1.75. The lowest BCUT2D eigenvalue weighted by Gasteiger charge is -2.07. The molecule has 2 N–H and O–H groups in total. The minimum absolute atomic E-state index is 0.258. The highest BCUT2D eigenvalue weighted by molar-refractivity contribution is 5.59. The van der Waals surface area contributed by atoms with Crippen LogP contribution in [0.15, 0.2) is 18.2 Å². The average Bonchev–Trinajstić information content (AvgIpc) is 2.46. The molecule has 0 aliphatic carbocycles. The second kappa shape index (κ2) is 3.62. The molecule has 1 aromatic rings. The zero-order valence-corrected chi connectivity index (χ0v) is 8.75. The summed E-state index contributed by atoms with van der Waals surface area (Å²) in [7, 11) is 0. The lowest BCUT2D eigenvalue weighted by atomic mass is 10.00. The Bertz CT molecular complexity index is 333. The van der Waals surface area contributed by atoms with Gasteiger partial charge in [-0.15, -0.1) is 0 Å². The third-order valence-electron chi connectivity index (χ3n) is 2.78. The first-order chi connectivity index (χ1) is 6.66. The van der Waals surface area contributed by atoms with Crippen LogP contribution in [0.3, 0.4) is 0 Å². The Morgan fingerprint density at radius 3 is 3.07 bits per heavy atom. The zero-order chi connectivity index (χ0) is 10.1. The lowest BCUT2D eigenvalue weighted by molar-refractivity contribution is 0.195. The van der Waals surface area contributed by atoms with E-state index in [9.17, 15) is 5.11 Å². The van der Waals surface area contributed by atoms with Crippen LogP contribution in [0.5, 0.6) is 0 Å². The van der Waals surface area contributed by atoms with E-state index in [4.69, 9.17) is 0 Å². The molecular formula is C12H17NO. The average molecular weight is 191 g/mol. The van der Waals surface area contributed by atoms with Gasteiger partial charge in [-0.05, 0) is 30.5 Å². The molecule has 1 aromatic carbocycles. The Kier molecular flexibility index (Phi) is 2.46. The van der Waals surface area contributed by atoms with Crippen molar-refractivity contribution in [1.29, 1.82) is 0 Å². The number of fused-ring (bicyclic) bond motifs is 1. The fourth-order valence-corrected chi connectivity index (χ4v) is 2.03. The zero-order valence-electron chi connectivity index (χ0n) is 8.75. The monoisotopic (exact) mass is 191 g/mol. The molecule has 0 saturated carbocycles. The van der Waals surface area contributed by atoms with Crippen LogP contribution in [0.1, 0.15) is 30.9 Å². The van der Waals surface area contributed by atoms with Gasteiger partial charge < -0.3 is 10.4 Å². The van der Waals surface area contributed by atoms with Crippen molar-refractivity contribution < 1.29 is 5.11 Å². The Hall–Kier alpha value is -1.02. The summed E-state index contributed by atoms with van der Waals surface area (Å²) in [6.45, 7) is 5.09. The summed E-state index contributed by atoms with van der Waals surface area (Å²) in [5.41, 5.74) is 3.86. The van der Waals surface area contributed by atoms with Crippen LogP contribution in [-0.2, 0) is 6.42 Å². The van der Waals surface area contributed by atoms with E-state index >= 15 is 0 Å². The van der Waals surface area contributed by atoms with Crippen LogP contribution < -0.4 is 5.32 Å². The van der Waals surface area contributed by atoms with Crippen LogP contribution in [0.25, 0.3) is 0 Å². The quantitative estimate of drug-likeness (QED) is 0.750. The van der Waals surface area contributed by atoms with Gasteiger partial charge in [0.2, 0.25) is 0 Å². The van der Waals surface area contributed by atoms with Gasteiger partial charge in [-0.1, -0.05) is 19.1 Å². The number of aliphatic hydroxyl groups excluding tert-OH is 1. The first kappa shape index (κ1) is 9.53. The molecule has 2 rings (SSSR count). The van der Waals surface area contributed by atoms with Crippen LogP contribution in [0.4, 0.5) is 5.69 Å². The number of hydrogen-bond acceptors (Lipinski definition) is 2. The summed E-state index contributed by atoms with van der Waals surface area (Å²) in [5, 5.41) is 12.7. The van der Waals surface area contributed by atoms with Gasteiger partial charge in [-0.3, -0.25) is 0 Å². The van der Waals surface area contributed by atoms with Crippen molar-refractivity contribution in [2.24, 2.45) is 0 Å². The number of anilines is 1. The highest BCUT2D eigenvalue weighted by Crippen LogP contribution is 2.31. The fraction of sp³-hybridized carbons (Fsp3) is 0.500. The molecule has 2 heteroatoms. The van der Waals surface area contributed by atoms with Crippen LogP contribution >= 0.6 is 0 Å². The van der Waals surface area contributed by atoms with E-state index in [1.165, 1.54) is 16.8 Å². The maximum Gasteiger partial charge on any atom is 0.0552 e. The van der Waals surface area contributed by atoms with E-state index < -0.39 is 0 Å². The molecule has 0 fully saturated rings. The maximum absolute atomic E-state index is 9.29. The van der Waals surface area contributed by atoms with Gasteiger partial charge >= 0.3 is 0 Å². The van der Waals surface area contributed by atoms with Gasteiger partial charge in [-0.25, -0.2) is 0 Å². The van der Waals surface area contributed by atoms with E-state index in [2.05, 4.69) is 30.4 Å². The Labute approximate surface area is 85.0 Å². The van der Waals surface area contributed by atoms with Crippen LogP contribution in [0, 0.1) is 0 Å². The fourth-order valence-electron chi connectivity index (χ4n) is 2.03. The van der Waals surface area contributed by atoms with Crippen molar-refractivity contribution >= 4 is 5.69 Å². The molecule has 0 aromatic heterocycles. The molecule has 76 valence electrons. The van der Waals surface area contributed by atoms with E-state index in [0.29, 0.717) is 5.92 Å². The summed E-state index contributed by atoms with van der Waals surface area (Å²) in [6, 6.07) is 6.46. The molecule has 1 aliphatic rings. The minimum atomic E-state index is -0.258. The van der Waals surface area contributed by atoms with E-state index in [1.807, 2.05) is 6.92 Å². The molecule has 0 bridgehead atoms. The van der Waals surface area contributed by atoms with Crippen molar-refractivity contribution in [3.8, 4) is 0 Å². The van der Waals surface area contributed by atoms with Gasteiger partial charge in [0.05, 0.1) is 6.10 Å². The topological polar surface area (TPSA) is 32.3 Å². The molecular weight excluding hydrogens is 174 g/mol. The number of hydrogen-bond donors (Lipinski definition) is 2. The van der Waals surface area contributed by atoms with Crippen molar-refractivity contribution in [2.45, 2.75) is 32.3 Å². The summed E-state index contributed by atoms with van der Waals surface area (Å²) >= 11 is 0. The van der Waals surface area contributed by atoms with Crippen LogP contribution in [0.2, 0.25) is 0 Å². The molecule has 14 heavy (non-hydrogen) atoms. The first-order valence-corrected chi connectivity index (χ1v) is 5.21. The third-order valence-corrected chi connectivity index (χ3v) is 2.78. The van der Waals surface area contributed by atoms with Gasteiger partial charge in [0.1, 0.15) is 0 Å². The second-order valence-electron chi connectivity index (χ2n) is 4.26. The predicted octanol–water partition coefficient (Wildman–Crippen LogP) is 2.14. The standard InChI is InChI=1S/C12H17NO/c1-8-7-13-12-6-10(5-9(2)14)3-4-11(8)12/h3-4,6,8-9,13-14H,5,7H2,1-2H3. The van der Waals surface area contributed by atoms with Crippen molar-refractivity contribution in [3.05, 3.63) is 29.3 Å². The predicted molar refractivity (Wildman–Crippen MR) is 58.7 cm³/mol. The summed E-state index contributed by atoms with van der Waals surface area (Å²) in [4.78, 5) is 0. The van der Waals surface area contributed by atoms with Gasteiger partial charge in [0, 0.05) is 18.2 Å². The largest absolute Gasteiger partial charge is 0.393 e. The Morgan fingerprint density at radius 2 is 2.36 bits per heavy atom. The van der Waals surface area contributed by atoms with Crippen molar-refractivity contribution in [1.82, 2.24) is 0 Å². The van der Waals surface area contributed by atoms with Crippen LogP contribution in [-0.4, -0.2) is 17.8 Å². The molecule has 2 unspecified atom stereocenters. The summed E-state index contributed by atoms with van der Waals surface area (Å²) < 4.78 is 0. The summed E-state index contributed by atoms with van der Waals surface area (Å²) in [5.74, 6) is 0.616. The highest BCUT2D eigenvalue weighted by atomic mass is 16.3. The highest BCUT2D eigenvalue weighted by Gasteiger charge is 2.17. The van der Waals surface area contributed by atoms with Crippen molar-refractivity contribution in [3.63, 3.8) is 0 Å². The second-order valence-corrected chi connectivity index (χ2v) is 4.26. The Morgan fingerprint density at radius 1 is 1.57 bits per heavy atom. The Balaban J connectivity index is 2.24. The smallest absolute Gasteiger partial charge is 0.0552 e. The molecule has 0 spiro atoms. The number of aliphatic hydroxyl groups is 1. The summed E-state index contributed by atoms with van der Waals surface area (Å²) in [6.07, 6.45) is 0.482. The normalized spacial score (nSPS) is 21.5. The van der Waals surface area contributed by atoms with Gasteiger partial charge in [0.25, 0.3) is 0 Å². The van der Waals surface area contributed by atoms with E-state index in [1.54, 1.807) is 0 Å². The number of nitrogens with one attached hydrogen (secondary N) is 1. The molecule has 0 radical (unpaired) electrons. The molecule has 0 amide bonds. The van der Waals surface area contributed by atoms with E-state index in [0.717, 1.165) is 13.0 Å². The maximum atomic E-state index is 9.29. The van der Waals surface area contributed by atoms with Crippen molar-refractivity contribution in [2.75, 3.05) is 11.9 Å². The molecule has 1 aliphatic heterocycles. The minimum Gasteiger partial charge on any atom is -0.393 e. The SMILES string of the molecule is CC(O)Cc1ccc2c(c1)NCC2C. The number of benzene rings is 1. The first-order valence-electron chi connectivity index (χ1n) is 5.21. The molecule has 1 heterocycles. The van der Waals surface area contributed by atoms with E-state index in [-0.39, 0.29) is 6.10 Å². The molecule has 0 saturated heterocycles. The molecule has 2 atom stereocenters.